The van der Waals surface area contributed by atoms with E-state index in [1.165, 1.54) is 0 Å². The van der Waals surface area contributed by atoms with Crippen LogP contribution in [-0.2, 0) is 19.8 Å². The first-order chi connectivity index (χ1) is 5.00. The van der Waals surface area contributed by atoms with Gasteiger partial charge >= 0.3 is 0 Å². The first kappa shape index (κ1) is 10.3. The van der Waals surface area contributed by atoms with Crippen LogP contribution in [0.5, 0.6) is 0 Å². The molecule has 0 unspecified atom stereocenters. The number of hydrogen-bond acceptors (Lipinski definition) is 0. The monoisotopic (exact) mass is 322 g/mol. The molecule has 0 aliphatic rings. The van der Waals surface area contributed by atoms with Crippen LogP contribution >= 0.6 is 0 Å². The zero-order valence-electron chi connectivity index (χ0n) is 6.13. The Hall–Kier alpha value is -0.664. The van der Waals surface area contributed by atoms with Gasteiger partial charge in [-0.2, -0.15) is 18.2 Å². The Balaban J connectivity index is 0.000000167. The largest absolute Gasteiger partial charge is 0.748 e. The van der Waals surface area contributed by atoms with Crippen molar-refractivity contribution in [2.24, 2.45) is 0 Å². The Labute approximate surface area is 80.7 Å². The summed E-state index contributed by atoms with van der Waals surface area (Å²) in [5.74, 6) is 0. The summed E-state index contributed by atoms with van der Waals surface area (Å²) in [6.45, 7) is 0. The van der Waals surface area contributed by atoms with Crippen LogP contribution in [0.4, 0.5) is 0 Å². The van der Waals surface area contributed by atoms with Crippen LogP contribution in [0.3, 0.4) is 0 Å². The summed E-state index contributed by atoms with van der Waals surface area (Å²) in [5.41, 5.74) is 0. The van der Waals surface area contributed by atoms with E-state index in [0.29, 0.717) is 0 Å². The van der Waals surface area contributed by atoms with Gasteiger partial charge in [-0.1, -0.05) is 0 Å². The van der Waals surface area contributed by atoms with Crippen molar-refractivity contribution in [2.75, 3.05) is 0 Å². The summed E-state index contributed by atoms with van der Waals surface area (Å²) < 4.78 is 0. The van der Waals surface area contributed by atoms with Crippen LogP contribution in [0, 0.1) is 0 Å². The molecule has 0 heterocycles. The fourth-order valence-corrected chi connectivity index (χ4v) is 0.642. The quantitative estimate of drug-likeness (QED) is 0.655. The van der Waals surface area contributed by atoms with Gasteiger partial charge in [0.05, 0.1) is 0 Å². The van der Waals surface area contributed by atoms with Gasteiger partial charge in [0.1, 0.15) is 0 Å². The molecule has 0 saturated heterocycles. The zero-order valence-corrected chi connectivity index (χ0v) is 8.67. The Kier molecular flexibility index (Phi) is 6.99. The average molecular weight is 320 g/mol. The van der Waals surface area contributed by atoms with Crippen LogP contribution in [0.15, 0.2) is 60.7 Å². The molecule has 2 rings (SSSR count). The van der Waals surface area contributed by atoms with Gasteiger partial charge in [0, 0.05) is 19.8 Å². The van der Waals surface area contributed by atoms with E-state index in [-0.39, 0.29) is 19.8 Å². The van der Waals surface area contributed by atoms with Crippen LogP contribution in [-0.4, -0.2) is 0 Å². The minimum atomic E-state index is 0. The molecule has 0 aliphatic heterocycles. The molecule has 11 heavy (non-hydrogen) atoms. The molecule has 1 heteroatoms. The molecule has 0 bridgehead atoms. The maximum absolute atomic E-state index is 2.00. The second-order valence-corrected chi connectivity index (χ2v) is 1.92. The first-order valence-corrected chi connectivity index (χ1v) is 3.33. The molecule has 2 aromatic rings. The zero-order chi connectivity index (χ0) is 7.07. The van der Waals surface area contributed by atoms with Crippen molar-refractivity contribution in [3.63, 3.8) is 0 Å². The van der Waals surface area contributed by atoms with Crippen molar-refractivity contribution in [3.05, 3.63) is 60.7 Å². The molecule has 0 N–H and O–H groups in total. The molecule has 0 aliphatic carbocycles. The van der Waals surface area contributed by atoms with E-state index in [9.17, 15) is 0 Å². The van der Waals surface area contributed by atoms with Crippen molar-refractivity contribution in [1.29, 1.82) is 0 Å². The molecular weight excluding hydrogens is 310 g/mol. The van der Waals surface area contributed by atoms with Crippen molar-refractivity contribution >= 4 is 0 Å². The van der Waals surface area contributed by atoms with Crippen molar-refractivity contribution < 1.29 is 19.8 Å². The van der Waals surface area contributed by atoms with E-state index in [1.807, 2.05) is 60.7 Å². The Morgan fingerprint density at radius 3 is 1.18 bits per heavy atom. The standard InChI is InChI=1S/2C5H5.Os/c2*1-2-4-5-3-1;/h2*1-5H;/q-5;-1;. The van der Waals surface area contributed by atoms with Gasteiger partial charge in [0.25, 0.3) is 0 Å². The molecule has 2 aromatic carbocycles. The smallest absolute Gasteiger partial charge is 0 e. The Bertz CT molecular complexity index is 144. The van der Waals surface area contributed by atoms with Crippen LogP contribution in [0.1, 0.15) is 0 Å². The summed E-state index contributed by atoms with van der Waals surface area (Å²) in [6.07, 6.45) is 0. The number of hydrogen-bond donors (Lipinski definition) is 0. The van der Waals surface area contributed by atoms with Crippen LogP contribution in [0.25, 0.3) is 0 Å². The van der Waals surface area contributed by atoms with E-state index >= 15 is 0 Å². The normalized spacial score (nSPS) is 7.27. The van der Waals surface area contributed by atoms with Gasteiger partial charge < -0.3 is 30.3 Å². The summed E-state index contributed by atoms with van der Waals surface area (Å²) in [4.78, 5) is 0. The van der Waals surface area contributed by atoms with E-state index in [2.05, 4.69) is 0 Å². The van der Waals surface area contributed by atoms with Gasteiger partial charge in [-0.05, 0) is 0 Å². The third-order valence-corrected chi connectivity index (χ3v) is 1.11. The molecule has 64 valence electrons. The second kappa shape index (κ2) is 7.44. The molecule has 0 saturated carbocycles. The van der Waals surface area contributed by atoms with Crippen molar-refractivity contribution in [2.45, 2.75) is 0 Å². The van der Waals surface area contributed by atoms with E-state index < -0.39 is 0 Å². The van der Waals surface area contributed by atoms with E-state index in [1.54, 1.807) is 0 Å². The van der Waals surface area contributed by atoms with Crippen molar-refractivity contribution in [3.8, 4) is 0 Å². The van der Waals surface area contributed by atoms with Gasteiger partial charge in [0.2, 0.25) is 0 Å². The van der Waals surface area contributed by atoms with Crippen LogP contribution < -0.4 is 0 Å². The maximum Gasteiger partial charge on any atom is 0 e. The van der Waals surface area contributed by atoms with Gasteiger partial charge in [-0.15, -0.1) is 0 Å². The number of rotatable bonds is 0. The third kappa shape index (κ3) is 5.76. The molecule has 0 aromatic heterocycles. The summed E-state index contributed by atoms with van der Waals surface area (Å²) >= 11 is 0. The van der Waals surface area contributed by atoms with E-state index in [0.717, 1.165) is 0 Å². The van der Waals surface area contributed by atoms with E-state index in [4.69, 9.17) is 0 Å². The molecule has 0 radical (unpaired) electrons. The molecule has 0 nitrogen and oxygen atoms in total. The van der Waals surface area contributed by atoms with Crippen LogP contribution in [0.2, 0.25) is 0 Å². The third-order valence-electron chi connectivity index (χ3n) is 1.11. The van der Waals surface area contributed by atoms with Gasteiger partial charge in [0.15, 0.2) is 0 Å². The summed E-state index contributed by atoms with van der Waals surface area (Å²) in [7, 11) is 0. The van der Waals surface area contributed by atoms with Gasteiger partial charge in [-0.25, -0.2) is 12.1 Å². The predicted octanol–water partition coefficient (Wildman–Crippen LogP) is 2.81. The molecule has 0 atom stereocenters. The fraction of sp³-hybridized carbons (Fsp3) is 0. The molecular formula is C10H10Os-6. The average Bonchev–Trinajstić information content (AvgIpc) is 2.67. The van der Waals surface area contributed by atoms with Crippen molar-refractivity contribution in [1.82, 2.24) is 0 Å². The maximum atomic E-state index is 2.00. The minimum absolute atomic E-state index is 0. The Morgan fingerprint density at radius 2 is 1.00 bits per heavy atom. The molecule has 0 fully saturated rings. The summed E-state index contributed by atoms with van der Waals surface area (Å²) in [6, 6.07) is 20.0. The first-order valence-electron chi connectivity index (χ1n) is 3.33. The molecule has 0 amide bonds. The summed E-state index contributed by atoms with van der Waals surface area (Å²) in [5, 5.41) is 0. The topological polar surface area (TPSA) is 0 Å². The van der Waals surface area contributed by atoms with Gasteiger partial charge in [-0.3, -0.25) is 0 Å². The predicted molar refractivity (Wildman–Crippen MR) is 44.1 cm³/mol. The minimum Gasteiger partial charge on any atom is -0.748 e. The fourth-order valence-electron chi connectivity index (χ4n) is 0.642. The second-order valence-electron chi connectivity index (χ2n) is 1.92. The SMILES string of the molecule is [Os].[cH-]1[cH-][cH-][cH-][cH-]1.c1cc[cH-]c1. The molecule has 0 spiro atoms. The Morgan fingerprint density at radius 1 is 0.636 bits per heavy atom.